The van der Waals surface area contributed by atoms with Gasteiger partial charge in [-0.2, -0.15) is 0 Å². The quantitative estimate of drug-likeness (QED) is 0.340. The third kappa shape index (κ3) is 5.46. The third-order valence-corrected chi connectivity index (χ3v) is 4.68. The third-order valence-electron chi connectivity index (χ3n) is 4.68. The van der Waals surface area contributed by atoms with E-state index in [4.69, 9.17) is 0 Å². The largest absolute Gasteiger partial charge is 0.289 e. The fraction of sp³-hybridized carbons (Fsp3) is 0. The van der Waals surface area contributed by atoms with Crippen molar-refractivity contribution >= 4 is 30.1 Å². The Bertz CT molecular complexity index is 1230. The average molecular weight is 424 g/mol. The molecule has 0 atom stereocenters. The lowest BCUT2D eigenvalue weighted by Gasteiger charge is -2.03. The first kappa shape index (κ1) is 21.0. The summed E-state index contributed by atoms with van der Waals surface area (Å²) in [6.07, 6.45) is 10.0. The number of aromatic nitrogens is 2. The summed E-state index contributed by atoms with van der Waals surface area (Å²) in [7, 11) is 0. The van der Waals surface area contributed by atoms with Crippen molar-refractivity contribution in [2.45, 2.75) is 0 Å². The highest BCUT2D eigenvalue weighted by molar-refractivity contribution is 6.09. The van der Waals surface area contributed by atoms with Crippen LogP contribution in [0.2, 0.25) is 0 Å². The SMILES string of the molecule is O=C(c1ccnc(C=Cc2cccc(F)c2)c1)c1ccnc(C=Cc2cccc(F)c2)c1. The predicted molar refractivity (Wildman–Crippen MR) is 123 cm³/mol. The molecular weight excluding hydrogens is 406 g/mol. The summed E-state index contributed by atoms with van der Waals surface area (Å²) in [5, 5.41) is 0. The van der Waals surface area contributed by atoms with E-state index >= 15 is 0 Å². The van der Waals surface area contributed by atoms with Gasteiger partial charge in [0.1, 0.15) is 11.6 Å². The van der Waals surface area contributed by atoms with Crippen LogP contribution in [-0.4, -0.2) is 15.8 Å². The molecule has 0 unspecified atom stereocenters. The van der Waals surface area contributed by atoms with Gasteiger partial charge >= 0.3 is 0 Å². The number of carbonyl (C=O) groups is 1. The number of ketones is 1. The van der Waals surface area contributed by atoms with Crippen LogP contribution >= 0.6 is 0 Å². The van der Waals surface area contributed by atoms with Crippen molar-refractivity contribution in [2.75, 3.05) is 0 Å². The Balaban J connectivity index is 1.53. The van der Waals surface area contributed by atoms with Crippen molar-refractivity contribution in [1.82, 2.24) is 9.97 Å². The number of pyridine rings is 2. The summed E-state index contributed by atoms with van der Waals surface area (Å²) in [5.41, 5.74) is 3.52. The van der Waals surface area contributed by atoms with Crippen LogP contribution in [0.5, 0.6) is 0 Å². The van der Waals surface area contributed by atoms with Gasteiger partial charge in [0.15, 0.2) is 5.78 Å². The zero-order valence-electron chi connectivity index (χ0n) is 17.0. The van der Waals surface area contributed by atoms with Crippen LogP contribution in [-0.2, 0) is 0 Å². The molecule has 4 rings (SSSR count). The van der Waals surface area contributed by atoms with Gasteiger partial charge in [-0.25, -0.2) is 8.78 Å². The van der Waals surface area contributed by atoms with Crippen molar-refractivity contribution in [1.29, 1.82) is 0 Å². The molecule has 0 radical (unpaired) electrons. The second kappa shape index (κ2) is 9.71. The smallest absolute Gasteiger partial charge is 0.193 e. The van der Waals surface area contributed by atoms with Crippen LogP contribution in [0, 0.1) is 11.6 Å². The van der Waals surface area contributed by atoms with Gasteiger partial charge in [0.2, 0.25) is 0 Å². The van der Waals surface area contributed by atoms with Crippen LogP contribution in [0.1, 0.15) is 38.4 Å². The van der Waals surface area contributed by atoms with E-state index in [0.29, 0.717) is 33.6 Å². The number of halogens is 2. The predicted octanol–water partition coefficient (Wildman–Crippen LogP) is 6.33. The lowest BCUT2D eigenvalue weighted by molar-refractivity contribution is 0.103. The summed E-state index contributed by atoms with van der Waals surface area (Å²) in [6, 6.07) is 19.1. The summed E-state index contributed by atoms with van der Waals surface area (Å²) in [5.74, 6) is -0.802. The molecule has 0 bridgehead atoms. The molecule has 2 aromatic heterocycles. The number of carbonyl (C=O) groups excluding carboxylic acids is 1. The van der Waals surface area contributed by atoms with E-state index in [1.165, 1.54) is 24.3 Å². The van der Waals surface area contributed by atoms with E-state index in [9.17, 15) is 13.6 Å². The minimum absolute atomic E-state index is 0.171. The Morgan fingerprint density at radius 1 is 0.625 bits per heavy atom. The van der Waals surface area contributed by atoms with E-state index in [-0.39, 0.29) is 17.4 Å². The molecule has 4 aromatic rings. The maximum absolute atomic E-state index is 13.3. The fourth-order valence-electron chi connectivity index (χ4n) is 3.11. The summed E-state index contributed by atoms with van der Waals surface area (Å²) in [6.45, 7) is 0. The molecule has 0 amide bonds. The van der Waals surface area contributed by atoms with Crippen molar-refractivity contribution < 1.29 is 13.6 Å². The molecule has 5 heteroatoms. The number of hydrogen-bond donors (Lipinski definition) is 0. The Labute approximate surface area is 184 Å². The normalized spacial score (nSPS) is 11.3. The first-order chi connectivity index (χ1) is 15.6. The zero-order valence-corrected chi connectivity index (χ0v) is 17.0. The van der Waals surface area contributed by atoms with E-state index < -0.39 is 0 Å². The molecule has 0 saturated heterocycles. The standard InChI is InChI=1S/C27H18F2N2O/c28-23-5-1-3-19(15-23)7-9-25-17-21(11-13-30-25)27(32)22-12-14-31-26(18-22)10-8-20-4-2-6-24(29)16-20/h1-18H. The molecule has 2 heterocycles. The molecule has 0 aliphatic heterocycles. The minimum atomic E-state index is -0.316. The topological polar surface area (TPSA) is 42.9 Å². The van der Waals surface area contributed by atoms with Crippen LogP contribution in [0.15, 0.2) is 85.2 Å². The summed E-state index contributed by atoms with van der Waals surface area (Å²) < 4.78 is 26.7. The van der Waals surface area contributed by atoms with Crippen molar-refractivity contribution in [3.63, 3.8) is 0 Å². The second-order valence-corrected chi connectivity index (χ2v) is 7.04. The van der Waals surface area contributed by atoms with Crippen LogP contribution in [0.3, 0.4) is 0 Å². The van der Waals surface area contributed by atoms with Crippen LogP contribution < -0.4 is 0 Å². The van der Waals surface area contributed by atoms with Gasteiger partial charge in [-0.05, 0) is 71.8 Å². The molecule has 0 saturated carbocycles. The van der Waals surface area contributed by atoms with Gasteiger partial charge in [0, 0.05) is 23.5 Å². The van der Waals surface area contributed by atoms with Crippen molar-refractivity contribution in [3.05, 3.63) is 130 Å². The molecule has 0 aliphatic rings. The number of rotatable bonds is 6. The van der Waals surface area contributed by atoms with Gasteiger partial charge in [0.05, 0.1) is 11.4 Å². The maximum atomic E-state index is 13.3. The molecule has 3 nitrogen and oxygen atoms in total. The van der Waals surface area contributed by atoms with Crippen molar-refractivity contribution in [3.8, 4) is 0 Å². The van der Waals surface area contributed by atoms with E-state index in [1.54, 1.807) is 85.2 Å². The first-order valence-electron chi connectivity index (χ1n) is 9.91. The van der Waals surface area contributed by atoms with Crippen LogP contribution in [0.25, 0.3) is 24.3 Å². The summed E-state index contributed by atoms with van der Waals surface area (Å²) >= 11 is 0. The van der Waals surface area contributed by atoms with Gasteiger partial charge in [-0.1, -0.05) is 36.4 Å². The Morgan fingerprint density at radius 3 is 1.53 bits per heavy atom. The van der Waals surface area contributed by atoms with Crippen molar-refractivity contribution in [2.24, 2.45) is 0 Å². The van der Waals surface area contributed by atoms with Gasteiger partial charge < -0.3 is 0 Å². The molecular formula is C27H18F2N2O. The molecule has 0 aliphatic carbocycles. The lowest BCUT2D eigenvalue weighted by Crippen LogP contribution is -2.03. The average Bonchev–Trinajstić information content (AvgIpc) is 2.81. The molecule has 2 aromatic carbocycles. The Kier molecular flexibility index (Phi) is 6.37. The van der Waals surface area contributed by atoms with Gasteiger partial charge in [-0.15, -0.1) is 0 Å². The summed E-state index contributed by atoms with van der Waals surface area (Å²) in [4.78, 5) is 21.5. The van der Waals surface area contributed by atoms with Gasteiger partial charge in [-0.3, -0.25) is 14.8 Å². The maximum Gasteiger partial charge on any atom is 0.193 e. The highest BCUT2D eigenvalue weighted by atomic mass is 19.1. The minimum Gasteiger partial charge on any atom is -0.289 e. The number of benzene rings is 2. The lowest BCUT2D eigenvalue weighted by atomic mass is 10.0. The monoisotopic (exact) mass is 424 g/mol. The Morgan fingerprint density at radius 2 is 1.09 bits per heavy atom. The van der Waals surface area contributed by atoms with E-state index in [2.05, 4.69) is 9.97 Å². The van der Waals surface area contributed by atoms with Crippen LogP contribution in [0.4, 0.5) is 8.78 Å². The molecule has 32 heavy (non-hydrogen) atoms. The molecule has 0 N–H and O–H groups in total. The van der Waals surface area contributed by atoms with E-state index in [0.717, 1.165) is 0 Å². The highest BCUT2D eigenvalue weighted by Crippen LogP contribution is 2.15. The van der Waals surface area contributed by atoms with Gasteiger partial charge in [0.25, 0.3) is 0 Å². The Hall–Kier alpha value is -4.25. The number of hydrogen-bond acceptors (Lipinski definition) is 3. The fourth-order valence-corrected chi connectivity index (χ4v) is 3.11. The molecule has 0 spiro atoms. The highest BCUT2D eigenvalue weighted by Gasteiger charge is 2.10. The molecule has 156 valence electrons. The van der Waals surface area contributed by atoms with E-state index in [1.807, 2.05) is 0 Å². The number of nitrogens with zero attached hydrogens (tertiary/aromatic N) is 2. The first-order valence-corrected chi connectivity index (χ1v) is 9.91. The zero-order chi connectivity index (χ0) is 22.3. The molecule has 0 fully saturated rings. The second-order valence-electron chi connectivity index (χ2n) is 7.04.